The molecule has 0 saturated heterocycles. The van der Waals surface area contributed by atoms with Crippen molar-refractivity contribution in [3.63, 3.8) is 0 Å². The highest BCUT2D eigenvalue weighted by Gasteiger charge is 2.18. The van der Waals surface area contributed by atoms with E-state index in [0.717, 1.165) is 6.54 Å². The lowest BCUT2D eigenvalue weighted by molar-refractivity contribution is 0.535. The minimum absolute atomic E-state index is 0.478. The average molecular weight is 263 g/mol. The Morgan fingerprint density at radius 3 is 2.35 bits per heavy atom. The Labute approximate surface area is 121 Å². The lowest BCUT2D eigenvalue weighted by Crippen LogP contribution is -2.31. The van der Waals surface area contributed by atoms with Crippen LogP contribution in [0.2, 0.25) is 0 Å². The molecule has 102 valence electrons. The lowest BCUT2D eigenvalue weighted by Gasteiger charge is -2.26. The first-order chi connectivity index (χ1) is 9.93. The Bertz CT molecular complexity index is 557. The van der Waals surface area contributed by atoms with Gasteiger partial charge in [0.25, 0.3) is 0 Å². The summed E-state index contributed by atoms with van der Waals surface area (Å²) in [5.41, 5.74) is 4.18. The van der Waals surface area contributed by atoms with Crippen LogP contribution in [-0.2, 0) is 6.54 Å². The van der Waals surface area contributed by atoms with Gasteiger partial charge in [0.05, 0.1) is 0 Å². The molecule has 0 fully saturated rings. The van der Waals surface area contributed by atoms with Crippen LogP contribution >= 0.6 is 0 Å². The van der Waals surface area contributed by atoms with Gasteiger partial charge in [-0.05, 0) is 36.0 Å². The van der Waals surface area contributed by atoms with Crippen molar-refractivity contribution in [2.75, 3.05) is 0 Å². The van der Waals surface area contributed by atoms with E-state index >= 15 is 0 Å². The highest BCUT2D eigenvalue weighted by Crippen LogP contribution is 2.27. The van der Waals surface area contributed by atoms with Crippen LogP contribution in [0, 0.1) is 0 Å². The average Bonchev–Trinajstić information content (AvgIpc) is 2.55. The Kier molecular flexibility index (Phi) is 4.29. The summed E-state index contributed by atoms with van der Waals surface area (Å²) in [6.45, 7) is 0.940. The Morgan fingerprint density at radius 2 is 1.60 bits per heavy atom. The molecule has 1 aliphatic carbocycles. The molecule has 2 aromatic rings. The van der Waals surface area contributed by atoms with E-state index in [1.54, 1.807) is 0 Å². The van der Waals surface area contributed by atoms with Gasteiger partial charge in [-0.3, -0.25) is 0 Å². The maximum atomic E-state index is 3.72. The minimum Gasteiger partial charge on any atom is -0.306 e. The van der Waals surface area contributed by atoms with Crippen LogP contribution in [0.4, 0.5) is 0 Å². The summed E-state index contributed by atoms with van der Waals surface area (Å²) in [5, 5.41) is 3.72. The molecule has 0 spiro atoms. The number of rotatable bonds is 4. The molecule has 0 heterocycles. The van der Waals surface area contributed by atoms with Crippen molar-refractivity contribution < 1.29 is 0 Å². The Morgan fingerprint density at radius 1 is 0.900 bits per heavy atom. The van der Waals surface area contributed by atoms with Gasteiger partial charge in [-0.25, -0.2) is 0 Å². The molecule has 0 bridgehead atoms. The number of benzene rings is 2. The third kappa shape index (κ3) is 3.17. The minimum atomic E-state index is 0.478. The zero-order valence-electron chi connectivity index (χ0n) is 11.8. The van der Waals surface area contributed by atoms with E-state index in [4.69, 9.17) is 0 Å². The van der Waals surface area contributed by atoms with Crippen LogP contribution in [0.5, 0.6) is 0 Å². The highest BCUT2D eigenvalue weighted by atomic mass is 14.9. The van der Waals surface area contributed by atoms with Gasteiger partial charge in [0.2, 0.25) is 0 Å². The van der Waals surface area contributed by atoms with Crippen LogP contribution in [0.15, 0.2) is 66.7 Å². The molecule has 1 heteroatoms. The zero-order chi connectivity index (χ0) is 13.6. The van der Waals surface area contributed by atoms with Crippen molar-refractivity contribution in [1.82, 2.24) is 5.32 Å². The molecule has 0 amide bonds. The molecule has 0 radical (unpaired) electrons. The molecule has 3 rings (SSSR count). The summed E-state index contributed by atoms with van der Waals surface area (Å²) in [4.78, 5) is 0. The second-order valence-electron chi connectivity index (χ2n) is 5.38. The molecule has 1 atom stereocenters. The smallest absolute Gasteiger partial charge is 0.0326 e. The summed E-state index contributed by atoms with van der Waals surface area (Å²) in [7, 11) is 0. The molecule has 20 heavy (non-hydrogen) atoms. The van der Waals surface area contributed by atoms with E-state index < -0.39 is 0 Å². The topological polar surface area (TPSA) is 12.0 Å². The van der Waals surface area contributed by atoms with Gasteiger partial charge >= 0.3 is 0 Å². The van der Waals surface area contributed by atoms with Gasteiger partial charge < -0.3 is 5.32 Å². The fourth-order valence-corrected chi connectivity index (χ4v) is 2.88. The van der Waals surface area contributed by atoms with Crippen LogP contribution in [0.1, 0.15) is 30.4 Å². The van der Waals surface area contributed by atoms with Crippen LogP contribution in [-0.4, -0.2) is 6.04 Å². The highest BCUT2D eigenvalue weighted by molar-refractivity contribution is 5.70. The summed E-state index contributed by atoms with van der Waals surface area (Å²) in [6, 6.07) is 21.9. The summed E-state index contributed by atoms with van der Waals surface area (Å²) < 4.78 is 0. The van der Waals surface area contributed by atoms with Crippen molar-refractivity contribution >= 4 is 5.57 Å². The molecule has 2 aromatic carbocycles. The SMILES string of the molecule is C1=C(c2ccccc2)[C@@H](NCc2ccccc2)CCC1. The quantitative estimate of drug-likeness (QED) is 0.861. The number of hydrogen-bond donors (Lipinski definition) is 1. The molecule has 0 aliphatic heterocycles. The zero-order valence-corrected chi connectivity index (χ0v) is 11.8. The van der Waals surface area contributed by atoms with Gasteiger partial charge in [-0.2, -0.15) is 0 Å². The number of nitrogens with one attached hydrogen (secondary N) is 1. The summed E-state index contributed by atoms with van der Waals surface area (Å²) in [6.07, 6.45) is 6.12. The monoisotopic (exact) mass is 263 g/mol. The van der Waals surface area contributed by atoms with Gasteiger partial charge in [0, 0.05) is 12.6 Å². The normalized spacial score (nSPS) is 18.6. The number of allylic oxidation sites excluding steroid dienone is 1. The van der Waals surface area contributed by atoms with Crippen molar-refractivity contribution in [3.05, 3.63) is 77.9 Å². The molecule has 1 N–H and O–H groups in total. The first-order valence-electron chi connectivity index (χ1n) is 7.46. The van der Waals surface area contributed by atoms with Crippen molar-refractivity contribution in [3.8, 4) is 0 Å². The third-order valence-corrected chi connectivity index (χ3v) is 3.94. The van der Waals surface area contributed by atoms with Gasteiger partial charge in [0.15, 0.2) is 0 Å². The van der Waals surface area contributed by atoms with E-state index in [-0.39, 0.29) is 0 Å². The molecule has 1 aliphatic rings. The predicted octanol–water partition coefficient (Wildman–Crippen LogP) is 4.41. The third-order valence-electron chi connectivity index (χ3n) is 3.94. The number of hydrogen-bond acceptors (Lipinski definition) is 1. The van der Waals surface area contributed by atoms with Crippen molar-refractivity contribution in [2.45, 2.75) is 31.8 Å². The standard InChI is InChI=1S/C19H21N/c1-3-9-16(10-4-1)15-20-19-14-8-7-13-18(19)17-11-5-2-6-12-17/h1-6,9-13,19-20H,7-8,14-15H2/t19-/m0/s1. The van der Waals surface area contributed by atoms with E-state index in [0.29, 0.717) is 6.04 Å². The van der Waals surface area contributed by atoms with Gasteiger partial charge in [-0.1, -0.05) is 66.7 Å². The van der Waals surface area contributed by atoms with Crippen LogP contribution in [0.25, 0.3) is 5.57 Å². The largest absolute Gasteiger partial charge is 0.306 e. The summed E-state index contributed by atoms with van der Waals surface area (Å²) >= 11 is 0. The Hall–Kier alpha value is -1.86. The second-order valence-corrected chi connectivity index (χ2v) is 5.38. The maximum Gasteiger partial charge on any atom is 0.0326 e. The van der Waals surface area contributed by atoms with Gasteiger partial charge in [0.1, 0.15) is 0 Å². The van der Waals surface area contributed by atoms with E-state index in [2.05, 4.69) is 72.1 Å². The van der Waals surface area contributed by atoms with Crippen molar-refractivity contribution in [2.24, 2.45) is 0 Å². The maximum absolute atomic E-state index is 3.72. The van der Waals surface area contributed by atoms with Crippen molar-refractivity contribution in [1.29, 1.82) is 0 Å². The molecule has 1 nitrogen and oxygen atoms in total. The summed E-state index contributed by atoms with van der Waals surface area (Å²) in [5.74, 6) is 0. The van der Waals surface area contributed by atoms with Crippen LogP contribution in [0.3, 0.4) is 0 Å². The van der Waals surface area contributed by atoms with E-state index in [1.807, 2.05) is 0 Å². The fraction of sp³-hybridized carbons (Fsp3) is 0.263. The predicted molar refractivity (Wildman–Crippen MR) is 85.3 cm³/mol. The van der Waals surface area contributed by atoms with E-state index in [1.165, 1.54) is 36.0 Å². The Balaban J connectivity index is 1.71. The van der Waals surface area contributed by atoms with Gasteiger partial charge in [-0.15, -0.1) is 0 Å². The lowest BCUT2D eigenvalue weighted by atomic mass is 9.89. The first-order valence-corrected chi connectivity index (χ1v) is 7.46. The second kappa shape index (κ2) is 6.53. The fourth-order valence-electron chi connectivity index (χ4n) is 2.88. The van der Waals surface area contributed by atoms with E-state index in [9.17, 15) is 0 Å². The molecular formula is C19H21N. The molecule has 0 unspecified atom stereocenters. The molecular weight excluding hydrogens is 242 g/mol. The molecule has 0 saturated carbocycles. The molecule has 0 aromatic heterocycles. The van der Waals surface area contributed by atoms with Crippen LogP contribution < -0.4 is 5.32 Å². The first kappa shape index (κ1) is 13.1.